The molecule has 0 spiro atoms. The smallest absolute Gasteiger partial charge is 0.223 e. The second-order valence-corrected chi connectivity index (χ2v) is 7.97. The van der Waals surface area contributed by atoms with Gasteiger partial charge in [0, 0.05) is 22.2 Å². The first-order valence-electron chi connectivity index (χ1n) is 8.04. The van der Waals surface area contributed by atoms with E-state index in [4.69, 9.17) is 0 Å². The fraction of sp³-hybridized carbons (Fsp3) is 0.706. The van der Waals surface area contributed by atoms with Gasteiger partial charge in [0.1, 0.15) is 0 Å². The lowest BCUT2D eigenvalue weighted by Gasteiger charge is -2.32. The van der Waals surface area contributed by atoms with E-state index in [0.29, 0.717) is 5.92 Å². The van der Waals surface area contributed by atoms with Gasteiger partial charge in [-0.25, -0.2) is 0 Å². The van der Waals surface area contributed by atoms with Crippen molar-refractivity contribution in [2.45, 2.75) is 46.6 Å². The third-order valence-electron chi connectivity index (χ3n) is 4.13. The predicted octanol–water partition coefficient (Wildman–Crippen LogP) is 3.60. The Kier molecular flexibility index (Phi) is 5.82. The highest BCUT2D eigenvalue weighted by molar-refractivity contribution is 7.12. The van der Waals surface area contributed by atoms with Gasteiger partial charge in [-0.1, -0.05) is 13.8 Å². The molecular formula is C17H28N2OS. The molecule has 1 saturated heterocycles. The van der Waals surface area contributed by atoms with Gasteiger partial charge in [0.05, 0.1) is 6.04 Å². The minimum Gasteiger partial charge on any atom is -0.349 e. The lowest BCUT2D eigenvalue weighted by molar-refractivity contribution is -0.127. The summed E-state index contributed by atoms with van der Waals surface area (Å²) < 4.78 is 0. The molecule has 21 heavy (non-hydrogen) atoms. The van der Waals surface area contributed by atoms with E-state index >= 15 is 0 Å². The summed E-state index contributed by atoms with van der Waals surface area (Å²) in [5.74, 6) is 1.13. The van der Waals surface area contributed by atoms with Crippen LogP contribution in [0, 0.1) is 18.8 Å². The van der Waals surface area contributed by atoms with E-state index in [1.165, 1.54) is 9.75 Å². The number of rotatable bonds is 5. The largest absolute Gasteiger partial charge is 0.349 e. The van der Waals surface area contributed by atoms with Gasteiger partial charge in [-0.05, 0) is 57.8 Å². The van der Waals surface area contributed by atoms with E-state index in [1.54, 1.807) is 11.3 Å². The van der Waals surface area contributed by atoms with Gasteiger partial charge >= 0.3 is 0 Å². The molecule has 3 nitrogen and oxygen atoms in total. The van der Waals surface area contributed by atoms with Crippen molar-refractivity contribution in [3.05, 3.63) is 21.9 Å². The number of amides is 1. The van der Waals surface area contributed by atoms with Crippen molar-refractivity contribution < 1.29 is 4.79 Å². The van der Waals surface area contributed by atoms with Crippen molar-refractivity contribution in [3.8, 4) is 0 Å². The fourth-order valence-corrected chi connectivity index (χ4v) is 3.86. The molecule has 0 aromatic carbocycles. The maximum Gasteiger partial charge on any atom is 0.223 e. The normalized spacial score (nSPS) is 18.9. The number of likely N-dealkylation sites (tertiary alicyclic amines) is 1. The zero-order valence-corrected chi connectivity index (χ0v) is 14.5. The summed E-state index contributed by atoms with van der Waals surface area (Å²) in [4.78, 5) is 17.4. The minimum atomic E-state index is 0.130. The summed E-state index contributed by atoms with van der Waals surface area (Å²) in [6.07, 6.45) is 1.99. The molecule has 118 valence electrons. The molecule has 0 radical (unpaired) electrons. The zero-order chi connectivity index (χ0) is 15.4. The lowest BCUT2D eigenvalue weighted by atomic mass is 9.95. The molecule has 1 atom stereocenters. The number of hydrogen-bond donors (Lipinski definition) is 1. The van der Waals surface area contributed by atoms with Crippen LogP contribution >= 0.6 is 11.3 Å². The SMILES string of the molecule is Cc1ccc([C@@H](C)NC(=O)C2CCN(CC(C)C)CC2)s1. The van der Waals surface area contributed by atoms with E-state index in [0.717, 1.165) is 32.5 Å². The highest BCUT2D eigenvalue weighted by Gasteiger charge is 2.26. The van der Waals surface area contributed by atoms with Gasteiger partial charge in [-0.2, -0.15) is 0 Å². The number of hydrogen-bond acceptors (Lipinski definition) is 3. The van der Waals surface area contributed by atoms with E-state index < -0.39 is 0 Å². The van der Waals surface area contributed by atoms with Gasteiger partial charge in [0.2, 0.25) is 5.91 Å². The summed E-state index contributed by atoms with van der Waals surface area (Å²) in [6.45, 7) is 12.0. The summed E-state index contributed by atoms with van der Waals surface area (Å²) in [5.41, 5.74) is 0. The average Bonchev–Trinajstić information content (AvgIpc) is 2.85. The maximum absolute atomic E-state index is 12.4. The van der Waals surface area contributed by atoms with Crippen LogP contribution in [0.1, 0.15) is 49.4 Å². The standard InChI is InChI=1S/C17H28N2OS/c1-12(2)11-19-9-7-15(8-10-19)17(20)18-14(4)16-6-5-13(3)21-16/h5-6,12,14-15H,7-11H2,1-4H3,(H,18,20)/t14-/m1/s1. The molecule has 1 fully saturated rings. The summed E-state index contributed by atoms with van der Waals surface area (Å²) in [5, 5.41) is 3.19. The van der Waals surface area contributed by atoms with Crippen LogP contribution in [0.2, 0.25) is 0 Å². The number of nitrogens with zero attached hydrogens (tertiary/aromatic N) is 1. The average molecular weight is 308 g/mol. The Morgan fingerprint density at radius 2 is 2.00 bits per heavy atom. The monoisotopic (exact) mass is 308 g/mol. The van der Waals surface area contributed by atoms with Crippen LogP contribution in [-0.2, 0) is 4.79 Å². The second-order valence-electron chi connectivity index (χ2n) is 6.65. The molecule has 1 amide bonds. The number of carbonyl (C=O) groups excluding carboxylic acids is 1. The van der Waals surface area contributed by atoms with Gasteiger partial charge in [-0.3, -0.25) is 4.79 Å². The maximum atomic E-state index is 12.4. The number of thiophene rings is 1. The molecule has 2 rings (SSSR count). The number of aryl methyl sites for hydroxylation is 1. The zero-order valence-electron chi connectivity index (χ0n) is 13.7. The highest BCUT2D eigenvalue weighted by atomic mass is 32.1. The molecule has 1 aromatic heterocycles. The van der Waals surface area contributed by atoms with E-state index in [-0.39, 0.29) is 17.9 Å². The minimum absolute atomic E-state index is 0.130. The van der Waals surface area contributed by atoms with Crippen LogP contribution in [0.4, 0.5) is 0 Å². The molecule has 1 N–H and O–H groups in total. The van der Waals surface area contributed by atoms with Gasteiger partial charge in [0.15, 0.2) is 0 Å². The van der Waals surface area contributed by atoms with Crippen LogP contribution < -0.4 is 5.32 Å². The van der Waals surface area contributed by atoms with Gasteiger partial charge in [-0.15, -0.1) is 11.3 Å². The third kappa shape index (κ3) is 4.82. The number of nitrogens with one attached hydrogen (secondary N) is 1. The molecular weight excluding hydrogens is 280 g/mol. The van der Waals surface area contributed by atoms with Crippen LogP contribution in [0.3, 0.4) is 0 Å². The third-order valence-corrected chi connectivity index (χ3v) is 5.31. The van der Waals surface area contributed by atoms with Crippen molar-refractivity contribution in [1.29, 1.82) is 0 Å². The van der Waals surface area contributed by atoms with Crippen molar-refractivity contribution in [1.82, 2.24) is 10.2 Å². The second kappa shape index (κ2) is 7.41. The van der Waals surface area contributed by atoms with Gasteiger partial charge < -0.3 is 10.2 Å². The molecule has 0 aliphatic carbocycles. The topological polar surface area (TPSA) is 32.3 Å². The van der Waals surface area contributed by atoms with E-state index in [2.05, 4.69) is 50.0 Å². The van der Waals surface area contributed by atoms with Crippen molar-refractivity contribution >= 4 is 17.2 Å². The Balaban J connectivity index is 1.79. The molecule has 2 heterocycles. The van der Waals surface area contributed by atoms with Crippen LogP contribution in [0.15, 0.2) is 12.1 Å². The van der Waals surface area contributed by atoms with Crippen LogP contribution in [-0.4, -0.2) is 30.4 Å². The van der Waals surface area contributed by atoms with Gasteiger partial charge in [0.25, 0.3) is 0 Å². The van der Waals surface area contributed by atoms with E-state index in [9.17, 15) is 4.79 Å². The lowest BCUT2D eigenvalue weighted by Crippen LogP contribution is -2.42. The van der Waals surface area contributed by atoms with Crippen molar-refractivity contribution in [2.24, 2.45) is 11.8 Å². The van der Waals surface area contributed by atoms with Crippen molar-refractivity contribution in [3.63, 3.8) is 0 Å². The van der Waals surface area contributed by atoms with E-state index in [1.807, 2.05) is 0 Å². The molecule has 0 unspecified atom stereocenters. The predicted molar refractivity (Wildman–Crippen MR) is 89.6 cm³/mol. The molecule has 1 aromatic rings. The summed E-state index contributed by atoms with van der Waals surface area (Å²) in [6, 6.07) is 4.37. The highest BCUT2D eigenvalue weighted by Crippen LogP contribution is 2.24. The molecule has 1 aliphatic rings. The molecule has 4 heteroatoms. The fourth-order valence-electron chi connectivity index (χ4n) is 2.98. The molecule has 0 bridgehead atoms. The summed E-state index contributed by atoms with van der Waals surface area (Å²) in [7, 11) is 0. The van der Waals surface area contributed by atoms with Crippen LogP contribution in [0.25, 0.3) is 0 Å². The summed E-state index contributed by atoms with van der Waals surface area (Å²) >= 11 is 1.77. The molecule has 1 aliphatic heterocycles. The number of carbonyl (C=O) groups is 1. The Morgan fingerprint density at radius 3 is 2.52 bits per heavy atom. The van der Waals surface area contributed by atoms with Crippen molar-refractivity contribution in [2.75, 3.05) is 19.6 Å². The Morgan fingerprint density at radius 1 is 1.33 bits per heavy atom. The first-order valence-corrected chi connectivity index (χ1v) is 8.86. The first-order chi connectivity index (χ1) is 9.95. The first kappa shape index (κ1) is 16.5. The van der Waals surface area contributed by atoms with Crippen LogP contribution in [0.5, 0.6) is 0 Å². The Labute approximate surface area is 132 Å². The Bertz CT molecular complexity index is 461. The number of piperidine rings is 1. The quantitative estimate of drug-likeness (QED) is 0.901. The Hall–Kier alpha value is -0.870. The molecule has 0 saturated carbocycles.